The third kappa shape index (κ3) is 17.2. The summed E-state index contributed by atoms with van der Waals surface area (Å²) in [6, 6.07) is 12.2. The van der Waals surface area contributed by atoms with Crippen LogP contribution in [0.5, 0.6) is 0 Å². The van der Waals surface area contributed by atoms with Gasteiger partial charge in [0, 0.05) is 30.9 Å². The number of methoxy groups -OCH3 is 1. The molecule has 0 aromatic heterocycles. The Morgan fingerprint density at radius 2 is 1.51 bits per heavy atom. The van der Waals surface area contributed by atoms with Crippen molar-refractivity contribution in [3.05, 3.63) is 70.3 Å². The highest BCUT2D eigenvalue weighted by Crippen LogP contribution is 2.16. The van der Waals surface area contributed by atoms with Gasteiger partial charge in [-0.15, -0.1) is 12.4 Å². The number of guanidine groups is 1. The molecule has 5 amide bonds. The zero-order chi connectivity index (χ0) is 35.3. The molecule has 0 spiro atoms. The molecule has 0 aliphatic carbocycles. The number of unbranched alkanes of at least 4 members (excludes halogenated alkanes) is 1. The molecule has 0 bridgehead atoms. The number of carbonyl (C=O) groups excluding carboxylic acids is 5. The molecular weight excluding hydrogens is 666 g/mol. The molecule has 0 saturated carbocycles. The summed E-state index contributed by atoms with van der Waals surface area (Å²) in [6.07, 6.45) is 0.0126. The van der Waals surface area contributed by atoms with E-state index in [2.05, 4.69) is 36.3 Å². The zero-order valence-electron chi connectivity index (χ0n) is 26.8. The molecule has 0 saturated heterocycles. The fourth-order valence-electron chi connectivity index (χ4n) is 4.11. The van der Waals surface area contributed by atoms with Crippen LogP contribution in [0, 0.1) is 10.1 Å². The number of rotatable bonds is 19. The average molecular weight is 708 g/mol. The lowest BCUT2D eigenvalue weighted by Crippen LogP contribution is -2.51. The third-order valence-electron chi connectivity index (χ3n) is 6.56. The van der Waals surface area contributed by atoms with Crippen LogP contribution in [-0.2, 0) is 30.5 Å². The number of benzene rings is 2. The Bertz CT molecular complexity index is 1410. The number of non-ortho nitro benzene ring substituents is 1. The number of nitrogens with one attached hydrogen (secondary N) is 5. The quantitative estimate of drug-likeness (QED) is 0.0361. The number of hydrogen-bond acceptors (Lipinski definition) is 10. The molecule has 0 aliphatic heterocycles. The molecule has 0 aliphatic rings. The van der Waals surface area contributed by atoms with Crippen LogP contribution in [0.15, 0.2) is 59.6 Å². The minimum absolute atomic E-state index is 0. The van der Waals surface area contributed by atoms with Crippen LogP contribution >= 0.6 is 12.4 Å². The monoisotopic (exact) mass is 707 g/mol. The van der Waals surface area contributed by atoms with Gasteiger partial charge < -0.3 is 47.5 Å². The molecule has 19 heteroatoms. The lowest BCUT2D eigenvalue weighted by molar-refractivity contribution is -0.384. The largest absolute Gasteiger partial charge is 0.453 e. The highest BCUT2D eigenvalue weighted by molar-refractivity contribution is 5.98. The van der Waals surface area contributed by atoms with E-state index in [1.54, 1.807) is 0 Å². The summed E-state index contributed by atoms with van der Waals surface area (Å²) in [5, 5.41) is 23.5. The van der Waals surface area contributed by atoms with Crippen molar-refractivity contribution in [1.29, 1.82) is 0 Å². The van der Waals surface area contributed by atoms with E-state index in [0.717, 1.165) is 12.7 Å². The van der Waals surface area contributed by atoms with E-state index >= 15 is 0 Å². The Morgan fingerprint density at radius 3 is 2.14 bits per heavy atom. The lowest BCUT2D eigenvalue weighted by Gasteiger charge is -2.20. The van der Waals surface area contributed by atoms with E-state index < -0.39 is 53.5 Å². The van der Waals surface area contributed by atoms with Gasteiger partial charge in [-0.3, -0.25) is 29.5 Å². The molecule has 9 N–H and O–H groups in total. The second-order valence-corrected chi connectivity index (χ2v) is 10.3. The molecule has 2 rings (SSSR count). The van der Waals surface area contributed by atoms with Crippen LogP contribution in [0.3, 0.4) is 0 Å². The van der Waals surface area contributed by atoms with Gasteiger partial charge in [-0.05, 0) is 49.8 Å². The van der Waals surface area contributed by atoms with Crippen LogP contribution in [0.1, 0.15) is 37.7 Å². The normalized spacial score (nSPS) is 11.3. The predicted molar refractivity (Wildman–Crippen MR) is 182 cm³/mol. The van der Waals surface area contributed by atoms with Crippen LogP contribution in [0.2, 0.25) is 0 Å². The summed E-state index contributed by atoms with van der Waals surface area (Å²) in [7, 11) is 1.14. The first kappa shape index (κ1) is 41.4. The lowest BCUT2D eigenvalue weighted by atomic mass is 10.1. The number of halogens is 1. The van der Waals surface area contributed by atoms with Gasteiger partial charge in [0.1, 0.15) is 18.7 Å². The van der Waals surface area contributed by atoms with Gasteiger partial charge in [0.05, 0.1) is 18.6 Å². The molecular formula is C30H42ClN9O9. The molecule has 2 aromatic carbocycles. The minimum atomic E-state index is -1.07. The van der Waals surface area contributed by atoms with Crippen LogP contribution in [-0.4, -0.2) is 79.6 Å². The Balaban J connectivity index is 0.0000120. The Kier molecular flexibility index (Phi) is 19.3. The Hall–Kier alpha value is -5.65. The zero-order valence-corrected chi connectivity index (χ0v) is 27.7. The number of nitro groups is 1. The van der Waals surface area contributed by atoms with Crippen LogP contribution in [0.25, 0.3) is 0 Å². The van der Waals surface area contributed by atoms with Gasteiger partial charge >= 0.3 is 12.2 Å². The van der Waals surface area contributed by atoms with Gasteiger partial charge in [0.25, 0.3) is 5.69 Å². The van der Waals surface area contributed by atoms with E-state index in [-0.39, 0.29) is 62.3 Å². The van der Waals surface area contributed by atoms with E-state index in [1.807, 2.05) is 30.3 Å². The van der Waals surface area contributed by atoms with Crippen LogP contribution in [0.4, 0.5) is 21.0 Å². The van der Waals surface area contributed by atoms with Crippen molar-refractivity contribution < 1.29 is 38.4 Å². The maximum absolute atomic E-state index is 13.0. The van der Waals surface area contributed by atoms with Crippen molar-refractivity contribution in [2.24, 2.45) is 16.5 Å². The summed E-state index contributed by atoms with van der Waals surface area (Å²) >= 11 is 0. The van der Waals surface area contributed by atoms with E-state index in [4.69, 9.17) is 16.2 Å². The van der Waals surface area contributed by atoms with E-state index in [1.165, 1.54) is 24.3 Å². The predicted octanol–water partition coefficient (Wildman–Crippen LogP) is 1.43. The number of nitrogens with zero attached hydrogens (tertiary/aromatic N) is 2. The first-order valence-electron chi connectivity index (χ1n) is 14.9. The van der Waals surface area contributed by atoms with Crippen molar-refractivity contribution in [1.82, 2.24) is 21.3 Å². The summed E-state index contributed by atoms with van der Waals surface area (Å²) in [5.74, 6) is -2.13. The topological polar surface area (TPSA) is 272 Å². The smallest absolute Gasteiger partial charge is 0.407 e. The highest BCUT2D eigenvalue weighted by Gasteiger charge is 2.24. The van der Waals surface area contributed by atoms with Gasteiger partial charge in [0.15, 0.2) is 5.96 Å². The van der Waals surface area contributed by atoms with E-state index in [9.17, 15) is 34.1 Å². The molecule has 0 fully saturated rings. The first-order chi connectivity index (χ1) is 23.0. The fourth-order valence-corrected chi connectivity index (χ4v) is 4.11. The summed E-state index contributed by atoms with van der Waals surface area (Å²) in [5.41, 5.74) is 11.6. The van der Waals surface area contributed by atoms with Crippen molar-refractivity contribution in [2.45, 2.75) is 50.8 Å². The average Bonchev–Trinajstić information content (AvgIpc) is 3.07. The number of hydrogen-bond donors (Lipinski definition) is 7. The molecule has 2 atom stereocenters. The Labute approximate surface area is 288 Å². The number of ether oxygens (including phenoxy) is 2. The fraction of sp³-hybridized carbons (Fsp3) is 0.400. The van der Waals surface area contributed by atoms with Crippen molar-refractivity contribution >= 4 is 59.6 Å². The number of amides is 5. The summed E-state index contributed by atoms with van der Waals surface area (Å²) < 4.78 is 9.75. The third-order valence-corrected chi connectivity index (χ3v) is 6.56. The van der Waals surface area contributed by atoms with Crippen molar-refractivity contribution in [3.63, 3.8) is 0 Å². The highest BCUT2D eigenvalue weighted by atomic mass is 35.5. The van der Waals surface area contributed by atoms with E-state index in [0.29, 0.717) is 19.3 Å². The molecule has 2 unspecified atom stereocenters. The molecule has 18 nitrogen and oxygen atoms in total. The number of alkyl carbamates (subject to hydrolysis) is 2. The van der Waals surface area contributed by atoms with Gasteiger partial charge in [-0.2, -0.15) is 0 Å². The molecule has 0 radical (unpaired) electrons. The number of carbonyl (C=O) groups is 5. The van der Waals surface area contributed by atoms with Gasteiger partial charge in [0.2, 0.25) is 17.7 Å². The SMILES string of the molecule is COC(=O)NC(CCCCNC(=O)OCc1ccccc1)C(=O)NCC(=O)NC(CCCN=C(N)N)C(=O)Nc1ccc([N+](=O)[O-])cc1.Cl. The Morgan fingerprint density at radius 1 is 0.857 bits per heavy atom. The van der Waals surface area contributed by atoms with Gasteiger partial charge in [-0.1, -0.05) is 30.3 Å². The second kappa shape index (κ2) is 22.8. The molecule has 49 heavy (non-hydrogen) atoms. The first-order valence-corrected chi connectivity index (χ1v) is 14.9. The second-order valence-electron chi connectivity index (χ2n) is 10.3. The molecule has 2 aromatic rings. The number of nitrogens with two attached hydrogens (primary N) is 2. The summed E-state index contributed by atoms with van der Waals surface area (Å²) in [6.45, 7) is 0.0353. The maximum atomic E-state index is 13.0. The number of anilines is 1. The van der Waals surface area contributed by atoms with Gasteiger partial charge in [-0.25, -0.2) is 9.59 Å². The van der Waals surface area contributed by atoms with Crippen LogP contribution < -0.4 is 38.1 Å². The standard InChI is InChI=1S/C30H41N9O9.ClH/c1-47-30(44)38-23(10-5-6-16-34-29(43)48-19-20-8-3-2-4-9-20)26(41)35-18-25(40)37-24(11-7-17-33-28(31)32)27(42)36-21-12-14-22(15-13-21)39(45)46;/h2-4,8-9,12-15,23-24H,5-7,10-11,16-19H2,1H3,(H,34,43)(H,35,41)(H,36,42)(H,37,40)(H,38,44)(H4,31,32,33);1H. The maximum Gasteiger partial charge on any atom is 0.407 e. The molecule has 0 heterocycles. The van der Waals surface area contributed by atoms with Crippen molar-refractivity contribution in [3.8, 4) is 0 Å². The minimum Gasteiger partial charge on any atom is -0.453 e. The van der Waals surface area contributed by atoms with Crippen molar-refractivity contribution in [2.75, 3.05) is 32.1 Å². The molecule has 268 valence electrons. The summed E-state index contributed by atoms with van der Waals surface area (Å²) in [4.78, 5) is 76.6. The number of aliphatic imine (C=N–C) groups is 1. The number of nitro benzene ring substituents is 1.